The van der Waals surface area contributed by atoms with E-state index >= 15 is 0 Å². The minimum Gasteiger partial charge on any atom is -0.339 e. The van der Waals surface area contributed by atoms with Crippen LogP contribution in [0.25, 0.3) is 0 Å². The van der Waals surface area contributed by atoms with Gasteiger partial charge < -0.3 is 4.52 Å². The first-order valence-corrected chi connectivity index (χ1v) is 8.81. The Morgan fingerprint density at radius 1 is 1.37 bits per heavy atom. The molecule has 2 heterocycles. The number of hydrogen-bond acceptors (Lipinski definition) is 5. The molecule has 0 N–H and O–H groups in total. The van der Waals surface area contributed by atoms with Gasteiger partial charge in [-0.05, 0) is 24.7 Å². The average molecular weight is 284 g/mol. The highest BCUT2D eigenvalue weighted by Crippen LogP contribution is 2.40. The first kappa shape index (κ1) is 13.1. The lowest BCUT2D eigenvalue weighted by Gasteiger charge is -2.20. The maximum absolute atomic E-state index is 11.5. The predicted octanol–water partition coefficient (Wildman–Crippen LogP) is 2.09. The number of sulfone groups is 1. The zero-order valence-electron chi connectivity index (χ0n) is 11.3. The fourth-order valence-corrected chi connectivity index (χ4v) is 5.01. The SMILES string of the molecule is CC1(Cc2nc(C3CCS(=O)(=O)C3)no2)CCCC1. The second kappa shape index (κ2) is 4.58. The lowest BCUT2D eigenvalue weighted by atomic mass is 9.85. The average Bonchev–Trinajstić information content (AvgIpc) is 3.00. The highest BCUT2D eigenvalue weighted by molar-refractivity contribution is 7.91. The van der Waals surface area contributed by atoms with Crippen LogP contribution in [0.3, 0.4) is 0 Å². The van der Waals surface area contributed by atoms with E-state index in [2.05, 4.69) is 17.1 Å². The fourth-order valence-electron chi connectivity index (χ4n) is 3.27. The summed E-state index contributed by atoms with van der Waals surface area (Å²) in [6.07, 6.45) is 6.42. The van der Waals surface area contributed by atoms with Crippen LogP contribution < -0.4 is 0 Å². The summed E-state index contributed by atoms with van der Waals surface area (Å²) in [5, 5.41) is 3.99. The maximum atomic E-state index is 11.5. The van der Waals surface area contributed by atoms with Gasteiger partial charge in [0.15, 0.2) is 15.7 Å². The molecule has 1 aliphatic carbocycles. The van der Waals surface area contributed by atoms with Gasteiger partial charge in [-0.15, -0.1) is 0 Å². The standard InChI is InChI=1S/C13H20N2O3S/c1-13(5-2-3-6-13)8-11-14-12(15-18-11)10-4-7-19(16,17)9-10/h10H,2-9H2,1H3. The van der Waals surface area contributed by atoms with Crippen LogP contribution in [-0.2, 0) is 16.3 Å². The molecule has 1 aromatic heterocycles. The van der Waals surface area contributed by atoms with Gasteiger partial charge in [0.1, 0.15) is 0 Å². The lowest BCUT2D eigenvalue weighted by molar-refractivity contribution is 0.275. The molecule has 0 aromatic carbocycles. The van der Waals surface area contributed by atoms with Crippen molar-refractivity contribution < 1.29 is 12.9 Å². The largest absolute Gasteiger partial charge is 0.339 e. The lowest BCUT2D eigenvalue weighted by Crippen LogP contribution is -2.14. The zero-order valence-corrected chi connectivity index (χ0v) is 12.1. The molecule has 1 aliphatic heterocycles. The van der Waals surface area contributed by atoms with Gasteiger partial charge in [-0.1, -0.05) is 24.9 Å². The van der Waals surface area contributed by atoms with E-state index in [0.29, 0.717) is 18.1 Å². The molecule has 0 amide bonds. The molecular formula is C13H20N2O3S. The molecule has 0 spiro atoms. The summed E-state index contributed by atoms with van der Waals surface area (Å²) in [6, 6.07) is 0. The maximum Gasteiger partial charge on any atom is 0.227 e. The predicted molar refractivity (Wildman–Crippen MR) is 70.6 cm³/mol. The molecule has 19 heavy (non-hydrogen) atoms. The van der Waals surface area contributed by atoms with E-state index in [0.717, 1.165) is 6.42 Å². The second-order valence-corrected chi connectivity index (χ2v) is 8.57. The molecule has 1 unspecified atom stereocenters. The highest BCUT2D eigenvalue weighted by atomic mass is 32.2. The first-order valence-electron chi connectivity index (χ1n) is 6.99. The minimum absolute atomic E-state index is 0.0705. The van der Waals surface area contributed by atoms with Gasteiger partial charge in [-0.2, -0.15) is 4.98 Å². The fraction of sp³-hybridized carbons (Fsp3) is 0.846. The van der Waals surface area contributed by atoms with Gasteiger partial charge in [0, 0.05) is 12.3 Å². The Balaban J connectivity index is 1.70. The molecule has 1 saturated carbocycles. The second-order valence-electron chi connectivity index (χ2n) is 6.34. The van der Waals surface area contributed by atoms with Gasteiger partial charge >= 0.3 is 0 Å². The summed E-state index contributed by atoms with van der Waals surface area (Å²) in [5.41, 5.74) is 0.283. The molecule has 2 aliphatic rings. The Morgan fingerprint density at radius 3 is 2.74 bits per heavy atom. The van der Waals surface area contributed by atoms with Crippen LogP contribution in [0.2, 0.25) is 0 Å². The molecule has 5 nitrogen and oxygen atoms in total. The molecule has 2 fully saturated rings. The van der Waals surface area contributed by atoms with Crippen molar-refractivity contribution >= 4 is 9.84 Å². The third-order valence-corrected chi connectivity index (χ3v) is 6.24. The quantitative estimate of drug-likeness (QED) is 0.849. The van der Waals surface area contributed by atoms with E-state index in [1.54, 1.807) is 0 Å². The number of aromatic nitrogens is 2. The van der Waals surface area contributed by atoms with E-state index in [9.17, 15) is 8.42 Å². The Hall–Kier alpha value is -0.910. The van der Waals surface area contributed by atoms with Crippen molar-refractivity contribution in [2.45, 2.75) is 51.4 Å². The van der Waals surface area contributed by atoms with Gasteiger partial charge in [0.2, 0.25) is 5.89 Å². The third-order valence-electron chi connectivity index (χ3n) is 4.47. The van der Waals surface area contributed by atoms with Crippen LogP contribution in [-0.4, -0.2) is 30.1 Å². The Morgan fingerprint density at radius 2 is 2.11 bits per heavy atom. The van der Waals surface area contributed by atoms with E-state index in [1.807, 2.05) is 0 Å². The summed E-state index contributed by atoms with van der Waals surface area (Å²) in [7, 11) is -2.89. The van der Waals surface area contributed by atoms with E-state index < -0.39 is 9.84 Å². The molecule has 6 heteroatoms. The van der Waals surface area contributed by atoms with Crippen molar-refractivity contribution in [1.82, 2.24) is 10.1 Å². The number of hydrogen-bond donors (Lipinski definition) is 0. The summed E-state index contributed by atoms with van der Waals surface area (Å²) >= 11 is 0. The Labute approximate surface area is 113 Å². The summed E-state index contributed by atoms with van der Waals surface area (Å²) in [6.45, 7) is 2.27. The van der Waals surface area contributed by atoms with Gasteiger partial charge in [0.05, 0.1) is 11.5 Å². The Bertz CT molecular complexity index is 558. The van der Waals surface area contributed by atoms with Crippen molar-refractivity contribution in [3.8, 4) is 0 Å². The van der Waals surface area contributed by atoms with Crippen LogP contribution in [0.4, 0.5) is 0 Å². The molecule has 0 radical (unpaired) electrons. The van der Waals surface area contributed by atoms with Crippen molar-refractivity contribution in [3.05, 3.63) is 11.7 Å². The molecule has 106 valence electrons. The van der Waals surface area contributed by atoms with Crippen molar-refractivity contribution in [2.24, 2.45) is 5.41 Å². The molecule has 1 saturated heterocycles. The molecule has 0 bridgehead atoms. The van der Waals surface area contributed by atoms with Gasteiger partial charge in [-0.3, -0.25) is 0 Å². The van der Waals surface area contributed by atoms with Gasteiger partial charge in [-0.25, -0.2) is 8.42 Å². The monoisotopic (exact) mass is 284 g/mol. The van der Waals surface area contributed by atoms with Crippen LogP contribution in [0.15, 0.2) is 4.52 Å². The van der Waals surface area contributed by atoms with Crippen LogP contribution in [0.1, 0.15) is 56.7 Å². The zero-order chi connectivity index (χ0) is 13.5. The van der Waals surface area contributed by atoms with Crippen LogP contribution in [0.5, 0.6) is 0 Å². The van der Waals surface area contributed by atoms with Crippen LogP contribution in [0, 0.1) is 5.41 Å². The number of nitrogens with zero attached hydrogens (tertiary/aromatic N) is 2. The van der Waals surface area contributed by atoms with Crippen LogP contribution >= 0.6 is 0 Å². The summed E-state index contributed by atoms with van der Waals surface area (Å²) in [5.74, 6) is 1.60. The normalized spacial score (nSPS) is 28.8. The molecule has 1 aromatic rings. The third kappa shape index (κ3) is 2.83. The smallest absolute Gasteiger partial charge is 0.227 e. The van der Waals surface area contributed by atoms with Crippen molar-refractivity contribution in [1.29, 1.82) is 0 Å². The summed E-state index contributed by atoms with van der Waals surface area (Å²) < 4.78 is 28.2. The van der Waals surface area contributed by atoms with E-state index in [1.165, 1.54) is 25.7 Å². The molecule has 1 atom stereocenters. The topological polar surface area (TPSA) is 73.1 Å². The Kier molecular flexibility index (Phi) is 3.15. The molecule has 3 rings (SSSR count). The van der Waals surface area contributed by atoms with E-state index in [-0.39, 0.29) is 22.8 Å². The minimum atomic E-state index is -2.89. The number of rotatable bonds is 3. The van der Waals surface area contributed by atoms with Gasteiger partial charge in [0.25, 0.3) is 0 Å². The first-order chi connectivity index (χ1) is 8.96. The van der Waals surface area contributed by atoms with Crippen molar-refractivity contribution in [3.63, 3.8) is 0 Å². The van der Waals surface area contributed by atoms with Crippen molar-refractivity contribution in [2.75, 3.05) is 11.5 Å². The highest BCUT2D eigenvalue weighted by Gasteiger charge is 2.34. The molecular weight excluding hydrogens is 264 g/mol. The summed E-state index contributed by atoms with van der Waals surface area (Å²) in [4.78, 5) is 4.42. The van der Waals surface area contributed by atoms with E-state index in [4.69, 9.17) is 4.52 Å².